The summed E-state index contributed by atoms with van der Waals surface area (Å²) in [5.41, 5.74) is 1.23. The summed E-state index contributed by atoms with van der Waals surface area (Å²) in [5.74, 6) is 0.666. The number of thiophene rings is 1. The lowest BCUT2D eigenvalue weighted by Gasteiger charge is -2.34. The first-order valence-electron chi connectivity index (χ1n) is 6.86. The Kier molecular flexibility index (Phi) is 4.30. The molecule has 106 valence electrons. The van der Waals surface area contributed by atoms with E-state index >= 15 is 0 Å². The van der Waals surface area contributed by atoms with Crippen molar-refractivity contribution in [3.8, 4) is 5.88 Å². The van der Waals surface area contributed by atoms with Gasteiger partial charge in [-0.15, -0.1) is 11.3 Å². The summed E-state index contributed by atoms with van der Waals surface area (Å²) in [6, 6.07) is 8.69. The molecule has 3 heterocycles. The second-order valence-corrected chi connectivity index (χ2v) is 5.82. The Morgan fingerprint density at radius 1 is 1.30 bits per heavy atom. The number of rotatable bonds is 4. The van der Waals surface area contributed by atoms with E-state index in [2.05, 4.69) is 38.8 Å². The molecule has 2 aromatic rings. The zero-order valence-electron chi connectivity index (χ0n) is 11.6. The number of hydrogen-bond donors (Lipinski definition) is 1. The van der Waals surface area contributed by atoms with Crippen molar-refractivity contribution in [3.63, 3.8) is 0 Å². The summed E-state index contributed by atoms with van der Waals surface area (Å²) in [4.78, 5) is 8.26. The molecule has 1 fully saturated rings. The lowest BCUT2D eigenvalue weighted by molar-refractivity contribution is 0.200. The van der Waals surface area contributed by atoms with E-state index in [9.17, 15) is 0 Å². The smallest absolute Gasteiger partial charge is 0.212 e. The van der Waals surface area contributed by atoms with E-state index in [0.717, 1.165) is 26.2 Å². The van der Waals surface area contributed by atoms with Gasteiger partial charge in [0.25, 0.3) is 0 Å². The van der Waals surface area contributed by atoms with Crippen LogP contribution in [0.1, 0.15) is 16.5 Å². The molecular formula is C15H19N3OS. The second-order valence-electron chi connectivity index (χ2n) is 4.84. The summed E-state index contributed by atoms with van der Waals surface area (Å²) >= 11 is 1.81. The van der Waals surface area contributed by atoms with Crippen LogP contribution in [-0.2, 0) is 0 Å². The Labute approximate surface area is 123 Å². The van der Waals surface area contributed by atoms with Gasteiger partial charge in [0, 0.05) is 43.3 Å². The molecule has 3 rings (SSSR count). The monoisotopic (exact) mass is 289 g/mol. The first kappa shape index (κ1) is 13.5. The molecule has 2 aromatic heterocycles. The number of piperazine rings is 1. The van der Waals surface area contributed by atoms with Gasteiger partial charge >= 0.3 is 0 Å². The van der Waals surface area contributed by atoms with Crippen LogP contribution in [0.5, 0.6) is 5.88 Å². The molecule has 1 aliphatic rings. The molecule has 0 bridgehead atoms. The molecule has 1 saturated heterocycles. The Bertz CT molecular complexity index is 521. The average Bonchev–Trinajstić information content (AvgIpc) is 3.03. The van der Waals surface area contributed by atoms with Gasteiger partial charge < -0.3 is 10.1 Å². The lowest BCUT2D eigenvalue weighted by Crippen LogP contribution is -2.45. The van der Waals surface area contributed by atoms with Gasteiger partial charge in [-0.3, -0.25) is 4.90 Å². The summed E-state index contributed by atoms with van der Waals surface area (Å²) in [5, 5.41) is 5.55. The zero-order chi connectivity index (χ0) is 13.8. The Hall–Kier alpha value is -1.43. The fraction of sp³-hybridized carbons (Fsp3) is 0.400. The minimum Gasteiger partial charge on any atom is -0.481 e. The number of ether oxygens (including phenoxy) is 1. The summed E-state index contributed by atoms with van der Waals surface area (Å²) in [6.45, 7) is 4.22. The molecule has 1 atom stereocenters. The molecule has 0 aromatic carbocycles. The van der Waals surface area contributed by atoms with Crippen molar-refractivity contribution < 1.29 is 4.74 Å². The average molecular weight is 289 g/mol. The molecule has 0 spiro atoms. The standard InChI is InChI=1S/C15H19N3OS/c1-19-14-5-4-12(11-17-14)15(13-3-2-10-20-13)18-8-6-16-7-9-18/h2-5,10-11,15-16H,6-9H2,1H3/t15-/m1/s1. The highest BCUT2D eigenvalue weighted by atomic mass is 32.1. The number of pyridine rings is 1. The Balaban J connectivity index is 1.91. The first-order valence-corrected chi connectivity index (χ1v) is 7.74. The highest BCUT2D eigenvalue weighted by Crippen LogP contribution is 2.32. The van der Waals surface area contributed by atoms with Gasteiger partial charge in [-0.1, -0.05) is 12.1 Å². The van der Waals surface area contributed by atoms with Crippen molar-refractivity contribution in [2.24, 2.45) is 0 Å². The van der Waals surface area contributed by atoms with Crippen molar-refractivity contribution in [3.05, 3.63) is 46.3 Å². The van der Waals surface area contributed by atoms with Crippen molar-refractivity contribution >= 4 is 11.3 Å². The highest BCUT2D eigenvalue weighted by molar-refractivity contribution is 7.10. The third-order valence-electron chi connectivity index (χ3n) is 3.61. The van der Waals surface area contributed by atoms with E-state index in [-0.39, 0.29) is 0 Å². The Morgan fingerprint density at radius 2 is 2.15 bits per heavy atom. The number of aromatic nitrogens is 1. The van der Waals surface area contributed by atoms with E-state index in [0.29, 0.717) is 11.9 Å². The number of methoxy groups -OCH3 is 1. The van der Waals surface area contributed by atoms with Crippen LogP contribution in [0.2, 0.25) is 0 Å². The van der Waals surface area contributed by atoms with Crippen LogP contribution in [0.25, 0.3) is 0 Å². The quantitative estimate of drug-likeness (QED) is 0.936. The molecule has 1 aliphatic heterocycles. The molecule has 0 amide bonds. The van der Waals surface area contributed by atoms with E-state index in [1.807, 2.05) is 23.6 Å². The van der Waals surface area contributed by atoms with E-state index in [1.54, 1.807) is 7.11 Å². The fourth-order valence-corrected chi connectivity index (χ4v) is 3.50. The van der Waals surface area contributed by atoms with Gasteiger partial charge in [0.15, 0.2) is 0 Å². The predicted molar refractivity (Wildman–Crippen MR) is 81.4 cm³/mol. The molecule has 1 N–H and O–H groups in total. The van der Waals surface area contributed by atoms with Gasteiger partial charge in [-0.25, -0.2) is 4.98 Å². The van der Waals surface area contributed by atoms with Crippen LogP contribution in [0.4, 0.5) is 0 Å². The minimum atomic E-state index is 0.301. The van der Waals surface area contributed by atoms with Crippen LogP contribution in [0.15, 0.2) is 35.8 Å². The van der Waals surface area contributed by atoms with Crippen LogP contribution in [-0.4, -0.2) is 43.2 Å². The number of nitrogens with one attached hydrogen (secondary N) is 1. The first-order chi connectivity index (χ1) is 9.88. The summed E-state index contributed by atoms with van der Waals surface area (Å²) < 4.78 is 5.15. The molecule has 0 unspecified atom stereocenters. The third-order valence-corrected chi connectivity index (χ3v) is 4.54. The van der Waals surface area contributed by atoms with Crippen molar-refractivity contribution in [1.29, 1.82) is 0 Å². The Morgan fingerprint density at radius 3 is 2.75 bits per heavy atom. The molecule has 0 aliphatic carbocycles. The van der Waals surface area contributed by atoms with Crippen LogP contribution < -0.4 is 10.1 Å². The highest BCUT2D eigenvalue weighted by Gasteiger charge is 2.24. The SMILES string of the molecule is COc1ccc([C@H](c2cccs2)N2CCNCC2)cn1. The van der Waals surface area contributed by atoms with Crippen molar-refractivity contribution in [2.75, 3.05) is 33.3 Å². The fourth-order valence-electron chi connectivity index (χ4n) is 2.62. The van der Waals surface area contributed by atoms with Gasteiger partial charge in [0.05, 0.1) is 13.2 Å². The number of nitrogens with zero attached hydrogens (tertiary/aromatic N) is 2. The molecule has 20 heavy (non-hydrogen) atoms. The van der Waals surface area contributed by atoms with Gasteiger partial charge in [-0.05, 0) is 17.0 Å². The van der Waals surface area contributed by atoms with Gasteiger partial charge in [-0.2, -0.15) is 0 Å². The molecule has 0 radical (unpaired) electrons. The number of hydrogen-bond acceptors (Lipinski definition) is 5. The van der Waals surface area contributed by atoms with E-state index in [4.69, 9.17) is 4.74 Å². The summed E-state index contributed by atoms with van der Waals surface area (Å²) in [7, 11) is 1.65. The van der Waals surface area contributed by atoms with Gasteiger partial charge in [0.2, 0.25) is 5.88 Å². The van der Waals surface area contributed by atoms with E-state index < -0.39 is 0 Å². The molecule has 0 saturated carbocycles. The normalized spacial score (nSPS) is 17.9. The van der Waals surface area contributed by atoms with Crippen molar-refractivity contribution in [2.45, 2.75) is 6.04 Å². The maximum Gasteiger partial charge on any atom is 0.212 e. The van der Waals surface area contributed by atoms with Crippen molar-refractivity contribution in [1.82, 2.24) is 15.2 Å². The topological polar surface area (TPSA) is 37.4 Å². The maximum absolute atomic E-state index is 5.15. The summed E-state index contributed by atoms with van der Waals surface area (Å²) in [6.07, 6.45) is 1.94. The largest absolute Gasteiger partial charge is 0.481 e. The lowest BCUT2D eigenvalue weighted by atomic mass is 10.0. The second kappa shape index (κ2) is 6.35. The predicted octanol–water partition coefficient (Wildman–Crippen LogP) is 2.15. The molecule has 5 heteroatoms. The van der Waals surface area contributed by atoms with Gasteiger partial charge in [0.1, 0.15) is 0 Å². The molecular weight excluding hydrogens is 270 g/mol. The third kappa shape index (κ3) is 2.85. The van der Waals surface area contributed by atoms with Crippen LogP contribution >= 0.6 is 11.3 Å². The van der Waals surface area contributed by atoms with Crippen LogP contribution in [0, 0.1) is 0 Å². The van der Waals surface area contributed by atoms with Crippen LogP contribution in [0.3, 0.4) is 0 Å². The minimum absolute atomic E-state index is 0.301. The molecule has 4 nitrogen and oxygen atoms in total. The maximum atomic E-state index is 5.15. The van der Waals surface area contributed by atoms with E-state index in [1.165, 1.54) is 10.4 Å². The zero-order valence-corrected chi connectivity index (χ0v) is 12.4.